The number of fused-ring (bicyclic) bond motifs is 4. The standard InChI is InChI=1S/C60H66N4O/c1-12-30-60(13-2,41-21-15-14-16-22-41)45-32-43(58(6,7)8)33-46(35-45)62-40-63(54-26-20-19-25-53(54)62)47-34-44(59(9,10)11)36-49(38-47)65-48-27-28-51-50-23-17-18-24-52(50)64(55(51)39-48)56-37-42(29-31-61-56)57(3,4)5/h14-29,31-39H,12-13,30,40H2,1-11H3. The first-order valence-corrected chi connectivity index (χ1v) is 23.7. The van der Waals surface area contributed by atoms with Crippen molar-refractivity contribution in [3.8, 4) is 17.3 Å². The minimum atomic E-state index is -0.122. The Morgan fingerprint density at radius 1 is 0.492 bits per heavy atom. The molecule has 9 rings (SSSR count). The molecule has 0 N–H and O–H groups in total. The molecule has 0 aliphatic carbocycles. The highest BCUT2D eigenvalue weighted by Gasteiger charge is 2.36. The van der Waals surface area contributed by atoms with Crippen LogP contribution < -0.4 is 14.5 Å². The van der Waals surface area contributed by atoms with Gasteiger partial charge in [0.1, 0.15) is 24.0 Å². The fourth-order valence-electron chi connectivity index (χ4n) is 9.99. The molecule has 0 amide bonds. The van der Waals surface area contributed by atoms with Gasteiger partial charge in [0.15, 0.2) is 0 Å². The molecule has 65 heavy (non-hydrogen) atoms. The van der Waals surface area contributed by atoms with Crippen molar-refractivity contribution in [3.05, 3.63) is 180 Å². The molecule has 0 saturated carbocycles. The van der Waals surface area contributed by atoms with E-state index in [9.17, 15) is 0 Å². The monoisotopic (exact) mass is 859 g/mol. The number of nitrogens with zero attached hydrogens (tertiary/aromatic N) is 4. The van der Waals surface area contributed by atoms with Crippen LogP contribution in [0, 0.1) is 0 Å². The molecular weight excluding hydrogens is 793 g/mol. The van der Waals surface area contributed by atoms with Crippen LogP contribution in [0.2, 0.25) is 0 Å². The number of para-hydroxylation sites is 3. The number of aromatic nitrogens is 2. The predicted molar refractivity (Wildman–Crippen MR) is 276 cm³/mol. The van der Waals surface area contributed by atoms with Crippen LogP contribution in [0.15, 0.2) is 152 Å². The summed E-state index contributed by atoms with van der Waals surface area (Å²) in [6.07, 6.45) is 5.15. The van der Waals surface area contributed by atoms with Gasteiger partial charge in [0.25, 0.3) is 0 Å². The predicted octanol–water partition coefficient (Wildman–Crippen LogP) is 16.6. The molecule has 0 spiro atoms. The molecule has 1 aliphatic rings. The Morgan fingerprint density at radius 3 is 1.72 bits per heavy atom. The minimum Gasteiger partial charge on any atom is -0.457 e. The van der Waals surface area contributed by atoms with Crippen molar-refractivity contribution in [2.75, 3.05) is 16.5 Å². The highest BCUT2D eigenvalue weighted by molar-refractivity contribution is 6.09. The second-order valence-electron chi connectivity index (χ2n) is 21.3. The second kappa shape index (κ2) is 16.6. The van der Waals surface area contributed by atoms with E-state index >= 15 is 0 Å². The topological polar surface area (TPSA) is 33.5 Å². The Labute approximate surface area is 387 Å². The average Bonchev–Trinajstić information content (AvgIpc) is 3.84. The fraction of sp³-hybridized carbons (Fsp3) is 0.317. The van der Waals surface area contributed by atoms with Gasteiger partial charge in [-0.2, -0.15) is 0 Å². The number of hydrogen-bond acceptors (Lipinski definition) is 4. The first-order valence-electron chi connectivity index (χ1n) is 23.7. The zero-order valence-electron chi connectivity index (χ0n) is 40.5. The lowest BCUT2D eigenvalue weighted by atomic mass is 9.68. The van der Waals surface area contributed by atoms with Crippen LogP contribution in [0.5, 0.6) is 11.5 Å². The summed E-state index contributed by atoms with van der Waals surface area (Å²) in [7, 11) is 0. The van der Waals surface area contributed by atoms with Gasteiger partial charge in [-0.05, 0) is 124 Å². The van der Waals surface area contributed by atoms with Crippen LogP contribution in [-0.4, -0.2) is 16.2 Å². The van der Waals surface area contributed by atoms with E-state index in [1.165, 1.54) is 55.7 Å². The van der Waals surface area contributed by atoms with Gasteiger partial charge in [-0.3, -0.25) is 4.57 Å². The van der Waals surface area contributed by atoms with Gasteiger partial charge < -0.3 is 14.5 Å². The summed E-state index contributed by atoms with van der Waals surface area (Å²) in [6.45, 7) is 26.0. The van der Waals surface area contributed by atoms with Crippen LogP contribution in [-0.2, 0) is 21.7 Å². The van der Waals surface area contributed by atoms with Crippen molar-refractivity contribution in [2.45, 2.75) is 117 Å². The van der Waals surface area contributed by atoms with Gasteiger partial charge in [-0.1, -0.05) is 149 Å². The minimum absolute atomic E-state index is 0.00918. The third-order valence-corrected chi connectivity index (χ3v) is 13.8. The molecule has 0 saturated heterocycles. The normalized spacial score (nSPS) is 14.3. The molecule has 8 aromatic rings. The van der Waals surface area contributed by atoms with E-state index in [-0.39, 0.29) is 21.7 Å². The number of pyridine rings is 1. The maximum atomic E-state index is 7.00. The number of ether oxygens (including phenoxy) is 1. The van der Waals surface area contributed by atoms with Crippen LogP contribution in [0.4, 0.5) is 22.7 Å². The molecular formula is C60H66N4O. The third kappa shape index (κ3) is 8.20. The Kier molecular flexibility index (Phi) is 11.2. The van der Waals surface area contributed by atoms with Crippen LogP contribution in [0.1, 0.15) is 123 Å². The van der Waals surface area contributed by atoms with Crippen molar-refractivity contribution >= 4 is 44.6 Å². The average molecular weight is 859 g/mol. The molecule has 1 aliphatic heterocycles. The highest BCUT2D eigenvalue weighted by Crippen LogP contribution is 2.49. The van der Waals surface area contributed by atoms with Crippen molar-refractivity contribution in [1.82, 2.24) is 9.55 Å². The van der Waals surface area contributed by atoms with Gasteiger partial charge in [0.05, 0.1) is 22.4 Å². The summed E-state index contributed by atoms with van der Waals surface area (Å²) in [6, 6.07) is 53.8. The van der Waals surface area contributed by atoms with Crippen LogP contribution in [0.3, 0.4) is 0 Å². The van der Waals surface area contributed by atoms with Gasteiger partial charge in [0.2, 0.25) is 0 Å². The van der Waals surface area contributed by atoms with Crippen molar-refractivity contribution in [1.29, 1.82) is 0 Å². The first-order chi connectivity index (χ1) is 31.0. The van der Waals surface area contributed by atoms with E-state index in [1.54, 1.807) is 0 Å². The number of rotatable bonds is 10. The lowest BCUT2D eigenvalue weighted by Crippen LogP contribution is -2.29. The summed E-state index contributed by atoms with van der Waals surface area (Å²) in [4.78, 5) is 9.91. The Hall–Kier alpha value is -6.33. The first kappa shape index (κ1) is 43.9. The molecule has 332 valence electrons. The molecule has 1 unspecified atom stereocenters. The largest absolute Gasteiger partial charge is 0.457 e. The Morgan fingerprint density at radius 2 is 1.08 bits per heavy atom. The summed E-state index contributed by atoms with van der Waals surface area (Å²) < 4.78 is 9.28. The van der Waals surface area contributed by atoms with Crippen molar-refractivity contribution < 1.29 is 4.74 Å². The Bertz CT molecular complexity index is 3010. The van der Waals surface area contributed by atoms with Crippen molar-refractivity contribution in [2.24, 2.45) is 0 Å². The number of benzene rings is 6. The molecule has 0 bridgehead atoms. The van der Waals surface area contributed by atoms with Gasteiger partial charge >= 0.3 is 0 Å². The van der Waals surface area contributed by atoms with Crippen LogP contribution in [0.25, 0.3) is 27.6 Å². The van der Waals surface area contributed by atoms with Gasteiger partial charge in [-0.15, -0.1) is 0 Å². The highest BCUT2D eigenvalue weighted by atomic mass is 16.5. The van der Waals surface area contributed by atoms with E-state index in [2.05, 4.69) is 236 Å². The molecule has 1 atom stereocenters. The molecule has 3 heterocycles. The number of anilines is 4. The molecule has 0 fully saturated rings. The van der Waals surface area contributed by atoms with E-state index in [4.69, 9.17) is 9.72 Å². The lowest BCUT2D eigenvalue weighted by molar-refractivity contribution is 0.448. The quantitative estimate of drug-likeness (QED) is 0.137. The zero-order chi connectivity index (χ0) is 45.9. The molecule has 5 heteroatoms. The third-order valence-electron chi connectivity index (χ3n) is 13.8. The Balaban J connectivity index is 1.14. The number of hydrogen-bond donors (Lipinski definition) is 0. The SMILES string of the molecule is CCCC(CC)(c1ccccc1)c1cc(N2CN(c3cc(Oc4ccc5c6ccccc6n(-c6cc(C(C)(C)C)ccn6)c5c4)cc(C(C)(C)C)c3)c3ccccc32)cc(C(C)(C)C)c1. The summed E-state index contributed by atoms with van der Waals surface area (Å²) in [5, 5.41) is 2.36. The van der Waals surface area contributed by atoms with E-state index in [0.717, 1.165) is 53.3 Å². The summed E-state index contributed by atoms with van der Waals surface area (Å²) >= 11 is 0. The summed E-state index contributed by atoms with van der Waals surface area (Å²) in [5.74, 6) is 2.50. The van der Waals surface area contributed by atoms with Crippen LogP contribution >= 0.6 is 0 Å². The fourth-order valence-corrected chi connectivity index (χ4v) is 9.99. The van der Waals surface area contributed by atoms with E-state index < -0.39 is 0 Å². The lowest BCUT2D eigenvalue weighted by Gasteiger charge is -2.37. The van der Waals surface area contributed by atoms with Crippen molar-refractivity contribution in [3.63, 3.8) is 0 Å². The molecule has 5 nitrogen and oxygen atoms in total. The maximum absolute atomic E-state index is 7.00. The van der Waals surface area contributed by atoms with E-state index in [1.807, 2.05) is 6.20 Å². The summed E-state index contributed by atoms with van der Waals surface area (Å²) in [5.41, 5.74) is 13.2. The van der Waals surface area contributed by atoms with Gasteiger partial charge in [-0.25, -0.2) is 4.98 Å². The molecule has 6 aromatic carbocycles. The smallest absolute Gasteiger partial charge is 0.137 e. The maximum Gasteiger partial charge on any atom is 0.137 e. The zero-order valence-corrected chi connectivity index (χ0v) is 40.5. The van der Waals surface area contributed by atoms with Gasteiger partial charge in [0, 0.05) is 45.9 Å². The second-order valence-corrected chi connectivity index (χ2v) is 21.3. The van der Waals surface area contributed by atoms with E-state index in [0.29, 0.717) is 6.67 Å². The molecule has 0 radical (unpaired) electrons. The molecule has 2 aromatic heterocycles.